The summed E-state index contributed by atoms with van der Waals surface area (Å²) in [6.07, 6.45) is 0.415. The Morgan fingerprint density at radius 2 is 1.69 bits per heavy atom. The van der Waals surface area contributed by atoms with E-state index in [0.29, 0.717) is 39.1 Å². The lowest BCUT2D eigenvalue weighted by molar-refractivity contribution is -0.136. The van der Waals surface area contributed by atoms with Gasteiger partial charge in [0.2, 0.25) is 5.91 Å². The highest BCUT2D eigenvalue weighted by Gasteiger charge is 2.36. The molecule has 2 aliphatic heterocycles. The molecule has 0 bridgehead atoms. The van der Waals surface area contributed by atoms with Gasteiger partial charge in [-0.05, 0) is 18.9 Å². The van der Waals surface area contributed by atoms with Crippen LogP contribution < -0.4 is 5.32 Å². The molecule has 2 fully saturated rings. The van der Waals surface area contributed by atoms with Crippen molar-refractivity contribution < 1.29 is 18.0 Å². The Morgan fingerprint density at radius 3 is 2.27 bits per heavy atom. The molecule has 3 amide bonds. The summed E-state index contributed by atoms with van der Waals surface area (Å²) in [7, 11) is -3.06. The van der Waals surface area contributed by atoms with Gasteiger partial charge in [0.25, 0.3) is 0 Å². The Bertz CT molecular complexity index is 768. The van der Waals surface area contributed by atoms with Gasteiger partial charge in [-0.1, -0.05) is 29.8 Å². The molecule has 0 aliphatic carbocycles. The molecular formula is C18H25N3O4S. The largest absolute Gasteiger partial charge is 0.339 e. The molecule has 1 N–H and O–H groups in total. The Balaban J connectivity index is 1.45. The molecule has 1 aromatic carbocycles. The molecule has 1 unspecified atom stereocenters. The fraction of sp³-hybridized carbons (Fsp3) is 0.556. The van der Waals surface area contributed by atoms with E-state index in [1.165, 1.54) is 5.56 Å². The van der Waals surface area contributed by atoms with Gasteiger partial charge in [0.15, 0.2) is 9.84 Å². The van der Waals surface area contributed by atoms with E-state index in [0.717, 1.165) is 5.56 Å². The first-order valence-electron chi connectivity index (χ1n) is 8.91. The Hall–Kier alpha value is -2.09. The minimum absolute atomic E-state index is 0.0386. The van der Waals surface area contributed by atoms with Crippen LogP contribution in [0.15, 0.2) is 24.3 Å². The molecule has 8 heteroatoms. The Kier molecular flexibility index (Phi) is 5.50. The van der Waals surface area contributed by atoms with E-state index in [1.807, 2.05) is 31.2 Å². The van der Waals surface area contributed by atoms with Crippen molar-refractivity contribution >= 4 is 21.8 Å². The first kappa shape index (κ1) is 18.7. The van der Waals surface area contributed by atoms with E-state index in [9.17, 15) is 18.0 Å². The standard InChI is InChI=1S/C18H25N3O4S/c1-14-2-4-15(5-3-14)12-19-18(23)21-9-7-20(8-10-21)17(22)16-6-11-26(24,25)13-16/h2-5,16H,6-13H2,1H3,(H,19,23). The van der Waals surface area contributed by atoms with Crippen molar-refractivity contribution in [1.29, 1.82) is 0 Å². The van der Waals surface area contributed by atoms with Crippen molar-refractivity contribution in [2.45, 2.75) is 19.9 Å². The van der Waals surface area contributed by atoms with Crippen molar-refractivity contribution in [3.05, 3.63) is 35.4 Å². The van der Waals surface area contributed by atoms with Gasteiger partial charge in [0.1, 0.15) is 0 Å². The van der Waals surface area contributed by atoms with E-state index in [4.69, 9.17) is 0 Å². The quantitative estimate of drug-likeness (QED) is 0.841. The number of hydrogen-bond donors (Lipinski definition) is 1. The molecule has 2 aliphatic rings. The van der Waals surface area contributed by atoms with Gasteiger partial charge < -0.3 is 15.1 Å². The van der Waals surface area contributed by atoms with Crippen LogP contribution in [0.2, 0.25) is 0 Å². The van der Waals surface area contributed by atoms with Crippen LogP contribution in [0.1, 0.15) is 17.5 Å². The first-order valence-corrected chi connectivity index (χ1v) is 10.7. The molecule has 3 rings (SSSR count). The lowest BCUT2D eigenvalue weighted by Gasteiger charge is -2.35. The van der Waals surface area contributed by atoms with Crippen LogP contribution in [0.4, 0.5) is 4.79 Å². The second-order valence-electron chi connectivity index (χ2n) is 7.06. The van der Waals surface area contributed by atoms with Crippen LogP contribution in [-0.4, -0.2) is 67.8 Å². The van der Waals surface area contributed by atoms with Crippen molar-refractivity contribution in [3.8, 4) is 0 Å². The summed E-state index contributed by atoms with van der Waals surface area (Å²) >= 11 is 0. The number of benzene rings is 1. The van der Waals surface area contributed by atoms with E-state index in [-0.39, 0.29) is 23.4 Å². The highest BCUT2D eigenvalue weighted by molar-refractivity contribution is 7.91. The van der Waals surface area contributed by atoms with Gasteiger partial charge >= 0.3 is 6.03 Å². The third-order valence-electron chi connectivity index (χ3n) is 5.02. The first-order chi connectivity index (χ1) is 12.3. The third kappa shape index (κ3) is 4.55. The number of sulfone groups is 1. The van der Waals surface area contributed by atoms with Gasteiger partial charge in [0.05, 0.1) is 17.4 Å². The summed E-state index contributed by atoms with van der Waals surface area (Å²) in [6, 6.07) is 7.86. The molecule has 2 heterocycles. The average molecular weight is 379 g/mol. The number of amides is 3. The molecule has 26 heavy (non-hydrogen) atoms. The van der Waals surface area contributed by atoms with E-state index in [1.54, 1.807) is 9.80 Å². The number of carbonyl (C=O) groups excluding carboxylic acids is 2. The molecule has 0 spiro atoms. The lowest BCUT2D eigenvalue weighted by atomic mass is 10.1. The predicted octanol–water partition coefficient (Wildman–Crippen LogP) is 0.784. The van der Waals surface area contributed by atoms with E-state index < -0.39 is 15.8 Å². The number of nitrogens with one attached hydrogen (secondary N) is 1. The maximum atomic E-state index is 12.4. The molecule has 2 saturated heterocycles. The topological polar surface area (TPSA) is 86.8 Å². The normalized spacial score (nSPS) is 22.3. The summed E-state index contributed by atoms with van der Waals surface area (Å²) in [5.41, 5.74) is 2.22. The molecule has 1 aromatic rings. The molecular weight excluding hydrogens is 354 g/mol. The van der Waals surface area contributed by atoms with Gasteiger partial charge in [-0.25, -0.2) is 13.2 Å². The van der Waals surface area contributed by atoms with Crippen LogP contribution in [0, 0.1) is 12.8 Å². The van der Waals surface area contributed by atoms with Crippen molar-refractivity contribution in [2.24, 2.45) is 5.92 Å². The van der Waals surface area contributed by atoms with Gasteiger partial charge in [-0.2, -0.15) is 0 Å². The number of aryl methyl sites for hydroxylation is 1. The number of hydrogen-bond acceptors (Lipinski definition) is 4. The van der Waals surface area contributed by atoms with Crippen molar-refractivity contribution in [2.75, 3.05) is 37.7 Å². The second-order valence-corrected chi connectivity index (χ2v) is 9.29. The highest BCUT2D eigenvalue weighted by Crippen LogP contribution is 2.21. The Labute approximate surface area is 154 Å². The molecule has 7 nitrogen and oxygen atoms in total. The van der Waals surface area contributed by atoms with Crippen LogP contribution in [0.25, 0.3) is 0 Å². The summed E-state index contributed by atoms with van der Waals surface area (Å²) in [5, 5.41) is 2.90. The molecule has 0 saturated carbocycles. The van der Waals surface area contributed by atoms with Crippen LogP contribution in [0.5, 0.6) is 0 Å². The Morgan fingerprint density at radius 1 is 1.08 bits per heavy atom. The zero-order valence-electron chi connectivity index (χ0n) is 15.0. The van der Waals surface area contributed by atoms with Gasteiger partial charge in [-0.15, -0.1) is 0 Å². The number of carbonyl (C=O) groups is 2. The zero-order valence-corrected chi connectivity index (χ0v) is 15.8. The van der Waals surface area contributed by atoms with Crippen molar-refractivity contribution in [3.63, 3.8) is 0 Å². The molecule has 0 radical (unpaired) electrons. The average Bonchev–Trinajstić information content (AvgIpc) is 3.00. The maximum absolute atomic E-state index is 12.4. The zero-order chi connectivity index (χ0) is 18.7. The highest BCUT2D eigenvalue weighted by atomic mass is 32.2. The number of urea groups is 1. The van der Waals surface area contributed by atoms with Gasteiger partial charge in [0, 0.05) is 32.7 Å². The number of nitrogens with zero attached hydrogens (tertiary/aromatic N) is 2. The molecule has 0 aromatic heterocycles. The van der Waals surface area contributed by atoms with Crippen LogP contribution in [-0.2, 0) is 21.2 Å². The predicted molar refractivity (Wildman–Crippen MR) is 98.3 cm³/mol. The summed E-state index contributed by atoms with van der Waals surface area (Å²) in [6.45, 7) is 4.32. The summed E-state index contributed by atoms with van der Waals surface area (Å²) < 4.78 is 23.1. The fourth-order valence-electron chi connectivity index (χ4n) is 3.37. The van der Waals surface area contributed by atoms with Crippen LogP contribution >= 0.6 is 0 Å². The fourth-order valence-corrected chi connectivity index (χ4v) is 5.11. The molecule has 142 valence electrons. The van der Waals surface area contributed by atoms with Crippen LogP contribution in [0.3, 0.4) is 0 Å². The summed E-state index contributed by atoms with van der Waals surface area (Å²) in [5.74, 6) is -0.443. The smallest absolute Gasteiger partial charge is 0.317 e. The van der Waals surface area contributed by atoms with E-state index in [2.05, 4.69) is 5.32 Å². The second kappa shape index (κ2) is 7.65. The monoisotopic (exact) mass is 379 g/mol. The summed E-state index contributed by atoms with van der Waals surface area (Å²) in [4.78, 5) is 28.1. The molecule has 1 atom stereocenters. The number of piperazine rings is 1. The van der Waals surface area contributed by atoms with E-state index >= 15 is 0 Å². The minimum Gasteiger partial charge on any atom is -0.339 e. The third-order valence-corrected chi connectivity index (χ3v) is 6.79. The number of rotatable bonds is 3. The SMILES string of the molecule is Cc1ccc(CNC(=O)N2CCN(C(=O)C3CCS(=O)(=O)C3)CC2)cc1. The minimum atomic E-state index is -3.06. The lowest BCUT2D eigenvalue weighted by Crippen LogP contribution is -2.54. The van der Waals surface area contributed by atoms with Gasteiger partial charge in [-0.3, -0.25) is 4.79 Å². The maximum Gasteiger partial charge on any atom is 0.317 e. The van der Waals surface area contributed by atoms with Crippen molar-refractivity contribution in [1.82, 2.24) is 15.1 Å².